The minimum Gasteiger partial charge on any atom is -0.435 e. The summed E-state index contributed by atoms with van der Waals surface area (Å²) in [5, 5.41) is 4.69. The number of halogens is 3. The first kappa shape index (κ1) is 19.7. The fraction of sp³-hybridized carbons (Fsp3) is 0.211. The standard InChI is InChI=1S/C19H15ClF2N4O2S/c20-13-6-12(7-15(8-13)28-19(21)22)17-9-16(18(27)25-4-5-29-11-25)24-26(17)14-2-1-3-23-10-14/h1-3,6-10,19H,4-5,11H2. The van der Waals surface area contributed by atoms with Crippen molar-refractivity contribution in [2.45, 2.75) is 6.61 Å². The van der Waals surface area contributed by atoms with Gasteiger partial charge >= 0.3 is 6.61 Å². The van der Waals surface area contributed by atoms with E-state index in [1.807, 2.05) is 0 Å². The molecule has 1 fully saturated rings. The van der Waals surface area contributed by atoms with Crippen molar-refractivity contribution >= 4 is 29.3 Å². The maximum atomic E-state index is 12.8. The van der Waals surface area contributed by atoms with Crippen molar-refractivity contribution in [2.75, 3.05) is 18.2 Å². The zero-order valence-electron chi connectivity index (χ0n) is 15.0. The van der Waals surface area contributed by atoms with Crippen molar-refractivity contribution in [3.8, 4) is 22.7 Å². The number of ether oxygens (including phenoxy) is 1. The molecule has 1 aromatic carbocycles. The first-order chi connectivity index (χ1) is 14.0. The second-order valence-electron chi connectivity index (χ2n) is 6.20. The van der Waals surface area contributed by atoms with Crippen LogP contribution in [0.1, 0.15) is 10.5 Å². The summed E-state index contributed by atoms with van der Waals surface area (Å²) >= 11 is 7.78. The molecule has 1 aliphatic rings. The monoisotopic (exact) mass is 436 g/mol. The van der Waals surface area contributed by atoms with Gasteiger partial charge in [-0.2, -0.15) is 13.9 Å². The Morgan fingerprint density at radius 1 is 1.28 bits per heavy atom. The topological polar surface area (TPSA) is 60.3 Å². The largest absolute Gasteiger partial charge is 0.435 e. The molecule has 29 heavy (non-hydrogen) atoms. The van der Waals surface area contributed by atoms with E-state index in [0.29, 0.717) is 29.4 Å². The zero-order valence-corrected chi connectivity index (χ0v) is 16.5. The lowest BCUT2D eigenvalue weighted by atomic mass is 10.1. The normalized spacial score (nSPS) is 13.9. The molecule has 0 bridgehead atoms. The molecule has 0 aliphatic carbocycles. The van der Waals surface area contributed by atoms with Crippen molar-refractivity contribution in [1.29, 1.82) is 0 Å². The number of nitrogens with zero attached hydrogens (tertiary/aromatic N) is 4. The smallest absolute Gasteiger partial charge is 0.387 e. The number of aromatic nitrogens is 3. The third-order valence-corrected chi connectivity index (χ3v) is 5.43. The minimum atomic E-state index is -2.98. The SMILES string of the molecule is O=C(c1cc(-c2cc(Cl)cc(OC(F)F)c2)n(-c2cccnc2)n1)N1CCSC1. The molecule has 3 aromatic rings. The second kappa shape index (κ2) is 8.38. The van der Waals surface area contributed by atoms with Gasteiger partial charge in [-0.25, -0.2) is 4.68 Å². The number of carbonyl (C=O) groups is 1. The van der Waals surface area contributed by atoms with Crippen LogP contribution in [0.5, 0.6) is 5.75 Å². The van der Waals surface area contributed by atoms with Crippen LogP contribution in [0.3, 0.4) is 0 Å². The number of pyridine rings is 1. The highest BCUT2D eigenvalue weighted by Gasteiger charge is 2.24. The van der Waals surface area contributed by atoms with Crippen molar-refractivity contribution in [1.82, 2.24) is 19.7 Å². The summed E-state index contributed by atoms with van der Waals surface area (Å²) in [7, 11) is 0. The summed E-state index contributed by atoms with van der Waals surface area (Å²) in [6.45, 7) is -2.32. The molecule has 0 spiro atoms. The molecule has 3 heterocycles. The van der Waals surface area contributed by atoms with Gasteiger partial charge in [-0.15, -0.1) is 11.8 Å². The summed E-state index contributed by atoms with van der Waals surface area (Å²) in [6, 6.07) is 9.48. The molecular weight excluding hydrogens is 422 g/mol. The zero-order chi connectivity index (χ0) is 20.4. The molecule has 1 amide bonds. The molecule has 1 aliphatic heterocycles. The van der Waals surface area contributed by atoms with Crippen molar-refractivity contribution < 1.29 is 18.3 Å². The van der Waals surface area contributed by atoms with E-state index in [0.717, 1.165) is 5.75 Å². The lowest BCUT2D eigenvalue weighted by molar-refractivity contribution is -0.0498. The van der Waals surface area contributed by atoms with Gasteiger partial charge in [-0.1, -0.05) is 11.6 Å². The average Bonchev–Trinajstić information content (AvgIpc) is 3.37. The lowest BCUT2D eigenvalue weighted by Crippen LogP contribution is -2.28. The van der Waals surface area contributed by atoms with Gasteiger partial charge in [0.25, 0.3) is 5.91 Å². The second-order valence-corrected chi connectivity index (χ2v) is 7.71. The number of rotatable bonds is 5. The Morgan fingerprint density at radius 3 is 2.83 bits per heavy atom. The highest BCUT2D eigenvalue weighted by atomic mass is 35.5. The Kier molecular flexibility index (Phi) is 5.68. The summed E-state index contributed by atoms with van der Waals surface area (Å²) in [4.78, 5) is 18.6. The molecule has 0 saturated carbocycles. The Labute approximate surface area is 174 Å². The molecule has 2 aromatic heterocycles. The van der Waals surface area contributed by atoms with Crippen LogP contribution >= 0.6 is 23.4 Å². The van der Waals surface area contributed by atoms with E-state index in [2.05, 4.69) is 14.8 Å². The Hall–Kier alpha value is -2.65. The van der Waals surface area contributed by atoms with Gasteiger partial charge in [-0.05, 0) is 36.4 Å². The first-order valence-electron chi connectivity index (χ1n) is 8.64. The number of thioether (sulfide) groups is 1. The van der Waals surface area contributed by atoms with Crippen molar-refractivity contribution in [2.24, 2.45) is 0 Å². The fourth-order valence-electron chi connectivity index (χ4n) is 2.98. The highest BCUT2D eigenvalue weighted by Crippen LogP contribution is 2.32. The van der Waals surface area contributed by atoms with Gasteiger partial charge in [0.2, 0.25) is 0 Å². The molecule has 1 saturated heterocycles. The Bertz CT molecular complexity index is 1030. The van der Waals surface area contributed by atoms with E-state index in [1.54, 1.807) is 58.0 Å². The molecular formula is C19H15ClF2N4O2S. The van der Waals surface area contributed by atoms with Crippen LogP contribution < -0.4 is 4.74 Å². The predicted octanol–water partition coefficient (Wildman–Crippen LogP) is 4.34. The van der Waals surface area contributed by atoms with Crippen LogP contribution in [0, 0.1) is 0 Å². The summed E-state index contributed by atoms with van der Waals surface area (Å²) in [6.07, 6.45) is 3.21. The third-order valence-electron chi connectivity index (χ3n) is 4.25. The quantitative estimate of drug-likeness (QED) is 0.595. The summed E-state index contributed by atoms with van der Waals surface area (Å²) in [5.74, 6) is 1.22. The molecule has 0 atom stereocenters. The van der Waals surface area contributed by atoms with E-state index in [1.165, 1.54) is 12.1 Å². The number of hydrogen-bond acceptors (Lipinski definition) is 5. The number of carbonyl (C=O) groups excluding carboxylic acids is 1. The van der Waals surface area contributed by atoms with Crippen molar-refractivity contribution in [3.05, 3.63) is 59.5 Å². The van der Waals surface area contributed by atoms with Gasteiger partial charge in [0.15, 0.2) is 5.69 Å². The Balaban J connectivity index is 1.81. The van der Waals surface area contributed by atoms with Crippen molar-refractivity contribution in [3.63, 3.8) is 0 Å². The highest BCUT2D eigenvalue weighted by molar-refractivity contribution is 7.99. The summed E-state index contributed by atoms with van der Waals surface area (Å²) in [5.41, 5.74) is 1.87. The number of hydrogen-bond donors (Lipinski definition) is 0. The van der Waals surface area contributed by atoms with Crippen LogP contribution in [-0.2, 0) is 0 Å². The number of alkyl halides is 2. The number of benzene rings is 1. The molecule has 0 radical (unpaired) electrons. The van der Waals surface area contributed by atoms with E-state index in [-0.39, 0.29) is 22.4 Å². The Morgan fingerprint density at radius 2 is 2.14 bits per heavy atom. The predicted molar refractivity (Wildman–Crippen MR) is 107 cm³/mol. The molecule has 0 N–H and O–H groups in total. The average molecular weight is 437 g/mol. The van der Waals surface area contributed by atoms with E-state index in [9.17, 15) is 13.6 Å². The molecule has 4 rings (SSSR count). The maximum Gasteiger partial charge on any atom is 0.387 e. The van der Waals surface area contributed by atoms with Crippen LogP contribution in [0.4, 0.5) is 8.78 Å². The number of amides is 1. The molecule has 6 nitrogen and oxygen atoms in total. The van der Waals surface area contributed by atoms with Gasteiger partial charge in [-0.3, -0.25) is 9.78 Å². The third kappa shape index (κ3) is 4.35. The van der Waals surface area contributed by atoms with Crippen LogP contribution in [0.15, 0.2) is 48.8 Å². The molecule has 10 heteroatoms. The molecule has 0 unspecified atom stereocenters. The maximum absolute atomic E-state index is 12.8. The molecule has 150 valence electrons. The first-order valence-corrected chi connectivity index (χ1v) is 10.2. The fourth-order valence-corrected chi connectivity index (χ4v) is 4.16. The minimum absolute atomic E-state index is 0.0785. The van der Waals surface area contributed by atoms with Crippen LogP contribution in [-0.4, -0.2) is 50.4 Å². The van der Waals surface area contributed by atoms with Gasteiger partial charge in [0, 0.05) is 29.1 Å². The van der Waals surface area contributed by atoms with Gasteiger partial charge < -0.3 is 9.64 Å². The summed E-state index contributed by atoms with van der Waals surface area (Å²) < 4.78 is 31.4. The lowest BCUT2D eigenvalue weighted by Gasteiger charge is -2.11. The van der Waals surface area contributed by atoms with E-state index < -0.39 is 6.61 Å². The van der Waals surface area contributed by atoms with Crippen LogP contribution in [0.2, 0.25) is 5.02 Å². The van der Waals surface area contributed by atoms with Gasteiger partial charge in [0.05, 0.1) is 23.5 Å². The van der Waals surface area contributed by atoms with E-state index in [4.69, 9.17) is 11.6 Å². The van der Waals surface area contributed by atoms with E-state index >= 15 is 0 Å². The van der Waals surface area contributed by atoms with Crippen LogP contribution in [0.25, 0.3) is 16.9 Å². The van der Waals surface area contributed by atoms with Gasteiger partial charge in [0.1, 0.15) is 5.75 Å².